The van der Waals surface area contributed by atoms with Crippen molar-refractivity contribution in [1.82, 2.24) is 0 Å². The van der Waals surface area contributed by atoms with Crippen LogP contribution in [0.3, 0.4) is 0 Å². The Morgan fingerprint density at radius 3 is 2.33 bits per heavy atom. The van der Waals surface area contributed by atoms with Gasteiger partial charge in [0.2, 0.25) is 0 Å². The van der Waals surface area contributed by atoms with Crippen LogP contribution in [0, 0.1) is 0 Å². The van der Waals surface area contributed by atoms with Gasteiger partial charge in [-0.05, 0) is 6.42 Å². The third kappa shape index (κ3) is 7.26. The molecular formula is C4H6F3NO. The second-order valence-corrected chi connectivity index (χ2v) is 1.45. The van der Waals surface area contributed by atoms with Crippen molar-refractivity contribution in [2.24, 2.45) is 5.16 Å². The summed E-state index contributed by atoms with van der Waals surface area (Å²) in [6.45, 7) is 0. The Morgan fingerprint density at radius 2 is 2.00 bits per heavy atom. The number of rotatable bonds is 2. The summed E-state index contributed by atoms with van der Waals surface area (Å²) in [5.74, 6) is 0. The summed E-state index contributed by atoms with van der Waals surface area (Å²) in [5, 5.41) is 10.1. The number of halogens is 3. The van der Waals surface area contributed by atoms with Gasteiger partial charge in [0.1, 0.15) is 0 Å². The van der Waals surface area contributed by atoms with Crippen molar-refractivity contribution in [1.29, 1.82) is 0 Å². The number of oxime groups is 1. The highest BCUT2D eigenvalue weighted by molar-refractivity contribution is 5.55. The zero-order chi connectivity index (χ0) is 7.33. The van der Waals surface area contributed by atoms with Gasteiger partial charge in [0.05, 0.1) is 0 Å². The Labute approximate surface area is 50.0 Å². The average Bonchev–Trinajstić information content (AvgIpc) is 1.63. The standard InChI is InChI=1S/C4H6F3NO/c5-4(6,7)2-1-3-8-9/h3,9H,1-2H2/b8-3-. The first-order valence-corrected chi connectivity index (χ1v) is 2.29. The summed E-state index contributed by atoms with van der Waals surface area (Å²) in [6.07, 6.45) is -4.54. The molecular weight excluding hydrogens is 135 g/mol. The van der Waals surface area contributed by atoms with Gasteiger partial charge in [0, 0.05) is 12.6 Å². The molecule has 54 valence electrons. The molecule has 0 heterocycles. The number of alkyl halides is 3. The van der Waals surface area contributed by atoms with Gasteiger partial charge in [-0.1, -0.05) is 0 Å². The molecule has 0 aromatic carbocycles. The lowest BCUT2D eigenvalue weighted by atomic mass is 10.3. The lowest BCUT2D eigenvalue weighted by Crippen LogP contribution is -2.06. The highest BCUT2D eigenvalue weighted by atomic mass is 19.4. The van der Waals surface area contributed by atoms with E-state index in [1.807, 2.05) is 0 Å². The molecule has 0 unspecified atom stereocenters. The number of hydrogen-bond donors (Lipinski definition) is 1. The van der Waals surface area contributed by atoms with Crippen LogP contribution in [0.15, 0.2) is 5.16 Å². The molecule has 0 aromatic heterocycles. The fraction of sp³-hybridized carbons (Fsp3) is 0.750. The van der Waals surface area contributed by atoms with Crippen LogP contribution < -0.4 is 0 Å². The predicted molar refractivity (Wildman–Crippen MR) is 25.6 cm³/mol. The maximum atomic E-state index is 11.2. The van der Waals surface area contributed by atoms with Gasteiger partial charge in [-0.3, -0.25) is 0 Å². The Balaban J connectivity index is 3.28. The monoisotopic (exact) mass is 141 g/mol. The molecule has 9 heavy (non-hydrogen) atoms. The zero-order valence-electron chi connectivity index (χ0n) is 4.52. The first-order valence-electron chi connectivity index (χ1n) is 2.29. The minimum atomic E-state index is -4.15. The van der Waals surface area contributed by atoms with E-state index in [0.717, 1.165) is 6.21 Å². The first-order chi connectivity index (χ1) is 4.06. The van der Waals surface area contributed by atoms with Crippen molar-refractivity contribution in [2.75, 3.05) is 0 Å². The van der Waals surface area contributed by atoms with Gasteiger partial charge in [-0.2, -0.15) is 13.2 Å². The molecule has 0 fully saturated rings. The fourth-order valence-electron chi connectivity index (χ4n) is 0.286. The van der Waals surface area contributed by atoms with Gasteiger partial charge in [0.15, 0.2) is 0 Å². The van der Waals surface area contributed by atoms with Gasteiger partial charge >= 0.3 is 6.18 Å². The van der Waals surface area contributed by atoms with E-state index in [-0.39, 0.29) is 6.42 Å². The Kier molecular flexibility index (Phi) is 3.05. The van der Waals surface area contributed by atoms with Gasteiger partial charge in [-0.25, -0.2) is 0 Å². The summed E-state index contributed by atoms with van der Waals surface area (Å²) in [6, 6.07) is 0. The van der Waals surface area contributed by atoms with Crippen LogP contribution in [-0.4, -0.2) is 17.6 Å². The van der Waals surface area contributed by atoms with Crippen molar-refractivity contribution in [3.8, 4) is 0 Å². The summed E-state index contributed by atoms with van der Waals surface area (Å²) in [4.78, 5) is 0. The topological polar surface area (TPSA) is 32.6 Å². The van der Waals surface area contributed by atoms with E-state index >= 15 is 0 Å². The minimum Gasteiger partial charge on any atom is -0.411 e. The lowest BCUT2D eigenvalue weighted by molar-refractivity contribution is -0.132. The molecule has 1 N–H and O–H groups in total. The van der Waals surface area contributed by atoms with E-state index in [9.17, 15) is 13.2 Å². The number of nitrogens with zero attached hydrogens (tertiary/aromatic N) is 1. The van der Waals surface area contributed by atoms with Gasteiger partial charge in [-0.15, -0.1) is 5.16 Å². The normalized spacial score (nSPS) is 12.8. The molecule has 0 aromatic rings. The minimum absolute atomic E-state index is 0.264. The molecule has 0 bridgehead atoms. The summed E-state index contributed by atoms with van der Waals surface area (Å²) >= 11 is 0. The maximum absolute atomic E-state index is 11.2. The summed E-state index contributed by atoms with van der Waals surface area (Å²) in [5.41, 5.74) is 0. The second kappa shape index (κ2) is 3.32. The van der Waals surface area contributed by atoms with Crippen LogP contribution in [0.5, 0.6) is 0 Å². The van der Waals surface area contributed by atoms with E-state index in [4.69, 9.17) is 5.21 Å². The van der Waals surface area contributed by atoms with Crippen molar-refractivity contribution >= 4 is 6.21 Å². The van der Waals surface area contributed by atoms with Crippen molar-refractivity contribution < 1.29 is 18.4 Å². The molecule has 0 saturated heterocycles. The quantitative estimate of drug-likeness (QED) is 0.355. The number of hydrogen-bond acceptors (Lipinski definition) is 2. The smallest absolute Gasteiger partial charge is 0.389 e. The second-order valence-electron chi connectivity index (χ2n) is 1.45. The molecule has 0 radical (unpaired) electrons. The molecule has 0 amide bonds. The van der Waals surface area contributed by atoms with Crippen molar-refractivity contribution in [3.05, 3.63) is 0 Å². The largest absolute Gasteiger partial charge is 0.411 e. The third-order valence-electron chi connectivity index (χ3n) is 0.639. The van der Waals surface area contributed by atoms with Gasteiger partial charge in [0.25, 0.3) is 0 Å². The Hall–Kier alpha value is -0.740. The molecule has 0 aliphatic rings. The molecule has 0 rings (SSSR count). The molecule has 0 saturated carbocycles. The lowest BCUT2D eigenvalue weighted by Gasteiger charge is -2.00. The van der Waals surface area contributed by atoms with Crippen LogP contribution in [0.1, 0.15) is 12.8 Å². The van der Waals surface area contributed by atoms with Crippen LogP contribution in [0.4, 0.5) is 13.2 Å². The molecule has 5 heteroatoms. The molecule has 0 spiro atoms. The first kappa shape index (κ1) is 8.26. The van der Waals surface area contributed by atoms with Crippen LogP contribution in [0.2, 0.25) is 0 Å². The van der Waals surface area contributed by atoms with E-state index in [0.29, 0.717) is 0 Å². The fourth-order valence-corrected chi connectivity index (χ4v) is 0.286. The highest BCUT2D eigenvalue weighted by Crippen LogP contribution is 2.20. The Bertz CT molecular complexity index is 98.5. The van der Waals surface area contributed by atoms with Crippen LogP contribution >= 0.6 is 0 Å². The molecule has 0 atom stereocenters. The van der Waals surface area contributed by atoms with E-state index < -0.39 is 12.6 Å². The maximum Gasteiger partial charge on any atom is 0.389 e. The Morgan fingerprint density at radius 1 is 1.44 bits per heavy atom. The predicted octanol–water partition coefficient (Wildman–Crippen LogP) is 1.79. The van der Waals surface area contributed by atoms with Crippen molar-refractivity contribution in [2.45, 2.75) is 19.0 Å². The molecule has 2 nitrogen and oxygen atoms in total. The molecule has 0 aliphatic heterocycles. The summed E-state index contributed by atoms with van der Waals surface area (Å²) < 4.78 is 33.7. The zero-order valence-corrected chi connectivity index (χ0v) is 4.52. The van der Waals surface area contributed by atoms with E-state index in [2.05, 4.69) is 5.16 Å². The van der Waals surface area contributed by atoms with Crippen LogP contribution in [0.25, 0.3) is 0 Å². The van der Waals surface area contributed by atoms with Gasteiger partial charge < -0.3 is 5.21 Å². The highest BCUT2D eigenvalue weighted by Gasteiger charge is 2.25. The summed E-state index contributed by atoms with van der Waals surface area (Å²) in [7, 11) is 0. The van der Waals surface area contributed by atoms with E-state index in [1.165, 1.54) is 0 Å². The van der Waals surface area contributed by atoms with Crippen molar-refractivity contribution in [3.63, 3.8) is 0 Å². The van der Waals surface area contributed by atoms with E-state index in [1.54, 1.807) is 0 Å². The third-order valence-corrected chi connectivity index (χ3v) is 0.639. The molecule has 0 aliphatic carbocycles. The average molecular weight is 141 g/mol. The van der Waals surface area contributed by atoms with Crippen LogP contribution in [-0.2, 0) is 0 Å². The SMILES string of the molecule is O/N=C\CCC(F)(F)F.